The number of carbonyl (C=O) groups excluding carboxylic acids is 1. The van der Waals surface area contributed by atoms with Crippen molar-refractivity contribution in [3.8, 4) is 0 Å². The Labute approximate surface area is 190 Å². The van der Waals surface area contributed by atoms with Crippen LogP contribution in [0, 0.1) is 6.92 Å². The van der Waals surface area contributed by atoms with Gasteiger partial charge in [0.2, 0.25) is 12.3 Å². The molecule has 0 fully saturated rings. The lowest BCUT2D eigenvalue weighted by Gasteiger charge is -2.20. The molecule has 156 valence electrons. The minimum Gasteiger partial charge on any atom is -0.856 e. The van der Waals surface area contributed by atoms with E-state index in [4.69, 9.17) is 23.2 Å². The molecule has 1 N–H and O–H groups in total. The summed E-state index contributed by atoms with van der Waals surface area (Å²) in [6.07, 6.45) is 1.80. The molecule has 0 aromatic heterocycles. The summed E-state index contributed by atoms with van der Waals surface area (Å²) in [4.78, 5) is 12.8. The Kier molecular flexibility index (Phi) is 6.07. The predicted molar refractivity (Wildman–Crippen MR) is 121 cm³/mol. The van der Waals surface area contributed by atoms with Crippen LogP contribution in [-0.4, -0.2) is 28.7 Å². The van der Waals surface area contributed by atoms with Crippen LogP contribution in [0.2, 0.25) is 10.0 Å². The SMILES string of the molecule is Cc1ccc(/C=[N+]2\N=C([O-])[C@H](NC(=O)c3ccc(Cl)cc3)[C@H]2c2ccc(Cl)cc2)cc1. The highest BCUT2D eigenvalue weighted by Gasteiger charge is 2.41. The number of amides is 1. The van der Waals surface area contributed by atoms with E-state index in [1.165, 1.54) is 0 Å². The summed E-state index contributed by atoms with van der Waals surface area (Å²) < 4.78 is 1.60. The highest BCUT2D eigenvalue weighted by molar-refractivity contribution is 6.30. The second-order valence-corrected chi connectivity index (χ2v) is 8.19. The molecule has 0 saturated carbocycles. The minimum absolute atomic E-state index is 0.374. The van der Waals surface area contributed by atoms with Crippen molar-refractivity contribution in [1.29, 1.82) is 0 Å². The molecule has 3 aromatic rings. The topological polar surface area (TPSA) is 67.5 Å². The maximum Gasteiger partial charge on any atom is 0.252 e. The number of aryl methyl sites for hydroxylation is 1. The van der Waals surface area contributed by atoms with Gasteiger partial charge in [0.1, 0.15) is 6.04 Å². The van der Waals surface area contributed by atoms with Crippen molar-refractivity contribution < 1.29 is 14.6 Å². The van der Waals surface area contributed by atoms with E-state index in [1.54, 1.807) is 47.3 Å². The van der Waals surface area contributed by atoms with Crippen molar-refractivity contribution in [2.75, 3.05) is 0 Å². The molecule has 0 spiro atoms. The number of halogens is 2. The van der Waals surface area contributed by atoms with Crippen LogP contribution < -0.4 is 10.4 Å². The van der Waals surface area contributed by atoms with Gasteiger partial charge >= 0.3 is 0 Å². The van der Waals surface area contributed by atoms with Gasteiger partial charge < -0.3 is 10.4 Å². The second-order valence-electron chi connectivity index (χ2n) is 7.31. The van der Waals surface area contributed by atoms with Crippen molar-refractivity contribution in [3.05, 3.63) is 105 Å². The largest absolute Gasteiger partial charge is 0.856 e. The molecular formula is C24H19Cl2N3O2. The highest BCUT2D eigenvalue weighted by Crippen LogP contribution is 2.28. The lowest BCUT2D eigenvalue weighted by molar-refractivity contribution is -0.565. The summed E-state index contributed by atoms with van der Waals surface area (Å²) in [6, 6.07) is 20.2. The summed E-state index contributed by atoms with van der Waals surface area (Å²) >= 11 is 12.0. The molecule has 7 heteroatoms. The van der Waals surface area contributed by atoms with Crippen molar-refractivity contribution in [2.45, 2.75) is 19.0 Å². The average Bonchev–Trinajstić information content (AvgIpc) is 3.05. The van der Waals surface area contributed by atoms with Gasteiger partial charge in [-0.2, -0.15) is 0 Å². The van der Waals surface area contributed by atoms with Crippen LogP contribution >= 0.6 is 23.2 Å². The number of rotatable bonds is 4. The first-order valence-corrected chi connectivity index (χ1v) is 10.4. The molecule has 1 heterocycles. The first kappa shape index (κ1) is 21.1. The first-order valence-electron chi connectivity index (χ1n) is 9.68. The Morgan fingerprint density at radius 2 is 1.55 bits per heavy atom. The van der Waals surface area contributed by atoms with Gasteiger partial charge in [-0.1, -0.05) is 57.7 Å². The number of hydrogen-bond acceptors (Lipinski definition) is 3. The molecule has 1 aliphatic rings. The van der Waals surface area contributed by atoms with Crippen molar-refractivity contribution in [2.24, 2.45) is 5.10 Å². The molecule has 0 aliphatic carbocycles. The maximum atomic E-state index is 12.8. The van der Waals surface area contributed by atoms with Crippen LogP contribution in [0.5, 0.6) is 0 Å². The molecule has 1 aliphatic heterocycles. The van der Waals surface area contributed by atoms with Gasteiger partial charge in [-0.05, 0) is 60.6 Å². The first-order chi connectivity index (χ1) is 14.9. The van der Waals surface area contributed by atoms with Crippen LogP contribution in [0.3, 0.4) is 0 Å². The summed E-state index contributed by atoms with van der Waals surface area (Å²) in [6.45, 7) is 2.01. The monoisotopic (exact) mass is 451 g/mol. The molecule has 4 rings (SSSR count). The molecule has 1 amide bonds. The van der Waals surface area contributed by atoms with Gasteiger partial charge in [-0.15, -0.1) is 0 Å². The molecule has 3 aromatic carbocycles. The predicted octanol–water partition coefficient (Wildman–Crippen LogP) is 3.96. The normalized spacial score (nSPS) is 19.3. The molecule has 31 heavy (non-hydrogen) atoms. The van der Waals surface area contributed by atoms with Gasteiger partial charge in [0, 0.05) is 26.7 Å². The van der Waals surface area contributed by atoms with Crippen LogP contribution in [0.25, 0.3) is 0 Å². The van der Waals surface area contributed by atoms with E-state index in [9.17, 15) is 9.90 Å². The summed E-state index contributed by atoms with van der Waals surface area (Å²) in [7, 11) is 0. The standard InChI is InChI=1S/C24H19Cl2N3O2/c1-15-2-4-16(5-3-15)14-29-22(17-6-10-19(25)11-7-17)21(24(31)28-29)27-23(30)18-8-12-20(26)13-9-18/h2-14,21-22H,1H3,(H-,27,28,30,31)/b29-14-/t21-,22-/m1/s1. The third-order valence-corrected chi connectivity index (χ3v) is 5.55. The fourth-order valence-corrected chi connectivity index (χ4v) is 3.66. The minimum atomic E-state index is -0.856. The van der Waals surface area contributed by atoms with Gasteiger partial charge in [-0.25, -0.2) is 0 Å². The average molecular weight is 452 g/mol. The fourth-order valence-electron chi connectivity index (χ4n) is 3.41. The number of hydrogen-bond donors (Lipinski definition) is 1. The second kappa shape index (κ2) is 8.92. The van der Waals surface area contributed by atoms with E-state index in [0.717, 1.165) is 16.7 Å². The zero-order valence-corrected chi connectivity index (χ0v) is 18.1. The Hall–Kier alpha value is -3.15. The smallest absolute Gasteiger partial charge is 0.252 e. The van der Waals surface area contributed by atoms with Gasteiger partial charge in [0.15, 0.2) is 0 Å². The van der Waals surface area contributed by atoms with E-state index >= 15 is 0 Å². The summed E-state index contributed by atoms with van der Waals surface area (Å²) in [5, 5.41) is 21.0. The van der Waals surface area contributed by atoms with Crippen LogP contribution in [0.4, 0.5) is 0 Å². The fraction of sp³-hybridized carbons (Fsp3) is 0.125. The summed E-state index contributed by atoms with van der Waals surface area (Å²) in [5.41, 5.74) is 3.25. The molecule has 5 nitrogen and oxygen atoms in total. The number of hydrazone groups is 1. The lowest BCUT2D eigenvalue weighted by Crippen LogP contribution is -2.47. The Morgan fingerprint density at radius 1 is 0.968 bits per heavy atom. The quantitative estimate of drug-likeness (QED) is 0.609. The summed E-state index contributed by atoms with van der Waals surface area (Å²) in [5.74, 6) is -0.799. The van der Waals surface area contributed by atoms with Gasteiger partial charge in [-0.3, -0.25) is 4.79 Å². The third-order valence-electron chi connectivity index (χ3n) is 5.04. The molecule has 0 bridgehead atoms. The van der Waals surface area contributed by atoms with E-state index < -0.39 is 18.0 Å². The van der Waals surface area contributed by atoms with Gasteiger partial charge in [0.25, 0.3) is 5.91 Å². The Morgan fingerprint density at radius 3 is 2.16 bits per heavy atom. The number of carbonyl (C=O) groups is 1. The number of nitrogens with zero attached hydrogens (tertiary/aromatic N) is 2. The molecule has 0 unspecified atom stereocenters. The van der Waals surface area contributed by atoms with Crippen molar-refractivity contribution in [3.63, 3.8) is 0 Å². The molecule has 0 radical (unpaired) electrons. The third kappa shape index (κ3) is 4.79. The molecule has 0 saturated heterocycles. The number of benzene rings is 3. The van der Waals surface area contributed by atoms with E-state index in [2.05, 4.69) is 10.4 Å². The van der Waals surface area contributed by atoms with E-state index in [1.807, 2.05) is 43.3 Å². The Balaban J connectivity index is 1.69. The molecular weight excluding hydrogens is 433 g/mol. The van der Waals surface area contributed by atoms with Crippen LogP contribution in [0.1, 0.15) is 33.1 Å². The van der Waals surface area contributed by atoms with Gasteiger partial charge in [0.05, 0.1) is 5.90 Å². The molecule has 2 atom stereocenters. The van der Waals surface area contributed by atoms with E-state index in [0.29, 0.717) is 15.6 Å². The number of nitrogens with one attached hydrogen (secondary N) is 1. The maximum absolute atomic E-state index is 12.8. The van der Waals surface area contributed by atoms with Crippen molar-refractivity contribution in [1.82, 2.24) is 5.32 Å². The zero-order valence-electron chi connectivity index (χ0n) is 16.6. The Bertz CT molecular complexity index is 1150. The van der Waals surface area contributed by atoms with E-state index in [-0.39, 0.29) is 5.91 Å². The van der Waals surface area contributed by atoms with Crippen LogP contribution in [0.15, 0.2) is 77.9 Å². The van der Waals surface area contributed by atoms with Crippen molar-refractivity contribution >= 4 is 41.2 Å². The lowest BCUT2D eigenvalue weighted by atomic mass is 9.99. The highest BCUT2D eigenvalue weighted by atomic mass is 35.5. The van der Waals surface area contributed by atoms with Crippen LogP contribution in [-0.2, 0) is 0 Å². The zero-order chi connectivity index (χ0) is 22.0.